The summed E-state index contributed by atoms with van der Waals surface area (Å²) < 4.78 is 1.00. The molecule has 0 aromatic rings. The molecule has 0 unspecified atom stereocenters. The molecule has 0 N–H and O–H groups in total. The van der Waals surface area contributed by atoms with E-state index in [0.717, 1.165) is 10.8 Å². The van der Waals surface area contributed by atoms with Crippen molar-refractivity contribution in [2.24, 2.45) is 0 Å². The van der Waals surface area contributed by atoms with Crippen molar-refractivity contribution in [1.29, 1.82) is 0 Å². The maximum Gasteiger partial charge on any atom is 0.0829 e. The van der Waals surface area contributed by atoms with Gasteiger partial charge in [-0.3, -0.25) is 0 Å². The molecule has 2 heteroatoms. The summed E-state index contributed by atoms with van der Waals surface area (Å²) in [5.41, 5.74) is 0. The molecular formula is C3H6IO. The van der Waals surface area contributed by atoms with Crippen LogP contribution >= 0.6 is 22.6 Å². The first-order chi connectivity index (χ1) is 2.41. The molecule has 0 aromatic carbocycles. The van der Waals surface area contributed by atoms with Gasteiger partial charge in [-0.25, -0.2) is 5.11 Å². The smallest absolute Gasteiger partial charge is 0.0829 e. The van der Waals surface area contributed by atoms with Gasteiger partial charge in [-0.05, 0) is 6.42 Å². The minimum absolute atomic E-state index is 0.0862. The van der Waals surface area contributed by atoms with Crippen LogP contribution in [0.25, 0.3) is 0 Å². The van der Waals surface area contributed by atoms with E-state index in [2.05, 4.69) is 22.6 Å². The van der Waals surface area contributed by atoms with E-state index >= 15 is 0 Å². The Kier molecular flexibility index (Phi) is 5.34. The van der Waals surface area contributed by atoms with Gasteiger partial charge in [-0.15, -0.1) is 0 Å². The summed E-state index contributed by atoms with van der Waals surface area (Å²) >= 11 is 2.19. The molecule has 1 radical (unpaired) electrons. The van der Waals surface area contributed by atoms with Gasteiger partial charge in [0.25, 0.3) is 0 Å². The number of hydrogen-bond donors (Lipinski definition) is 0. The third-order valence-corrected chi connectivity index (χ3v) is 1.04. The van der Waals surface area contributed by atoms with Crippen LogP contribution in [0.1, 0.15) is 6.42 Å². The highest BCUT2D eigenvalue weighted by atomic mass is 127. The fraction of sp³-hybridized carbons (Fsp3) is 1.00. The van der Waals surface area contributed by atoms with E-state index in [0.29, 0.717) is 0 Å². The molecule has 0 bridgehead atoms. The van der Waals surface area contributed by atoms with E-state index in [4.69, 9.17) is 0 Å². The Bertz CT molecular complexity index is 14.4. The highest BCUT2D eigenvalue weighted by molar-refractivity contribution is 14.1. The van der Waals surface area contributed by atoms with Crippen molar-refractivity contribution in [2.45, 2.75) is 6.42 Å². The quantitative estimate of drug-likeness (QED) is 0.455. The number of halogens is 1. The molecular weight excluding hydrogens is 179 g/mol. The molecule has 0 heterocycles. The lowest BCUT2D eigenvalue weighted by Gasteiger charge is -1.75. The minimum Gasteiger partial charge on any atom is -0.237 e. The van der Waals surface area contributed by atoms with Crippen molar-refractivity contribution in [2.75, 3.05) is 11.0 Å². The number of rotatable bonds is 2. The molecule has 0 amide bonds. The molecule has 31 valence electrons. The zero-order chi connectivity index (χ0) is 4.12. The first-order valence-corrected chi connectivity index (χ1v) is 3.08. The highest BCUT2D eigenvalue weighted by Crippen LogP contribution is 1.83. The summed E-state index contributed by atoms with van der Waals surface area (Å²) in [6.07, 6.45) is 0.820. The van der Waals surface area contributed by atoms with Gasteiger partial charge in [0.2, 0.25) is 0 Å². The fourth-order valence-electron chi connectivity index (χ4n) is 0.0546. The summed E-state index contributed by atoms with van der Waals surface area (Å²) in [6, 6.07) is 0. The molecule has 1 nitrogen and oxygen atoms in total. The van der Waals surface area contributed by atoms with E-state index in [1.165, 1.54) is 0 Å². The van der Waals surface area contributed by atoms with E-state index in [1.54, 1.807) is 0 Å². The largest absolute Gasteiger partial charge is 0.237 e. The maximum atomic E-state index is 9.53. The SMILES string of the molecule is [O]CCCI. The highest BCUT2D eigenvalue weighted by Gasteiger charge is 1.73. The second kappa shape index (κ2) is 4.69. The first kappa shape index (κ1) is 5.69. The molecule has 0 spiro atoms. The van der Waals surface area contributed by atoms with Gasteiger partial charge in [0, 0.05) is 4.43 Å². The van der Waals surface area contributed by atoms with Crippen molar-refractivity contribution in [3.63, 3.8) is 0 Å². The fourth-order valence-corrected chi connectivity index (χ4v) is 0.366. The molecule has 0 aromatic heterocycles. The summed E-state index contributed by atoms with van der Waals surface area (Å²) in [5, 5.41) is 9.53. The van der Waals surface area contributed by atoms with Gasteiger partial charge in [-0.2, -0.15) is 0 Å². The molecule has 0 saturated heterocycles. The predicted octanol–water partition coefficient (Wildman–Crippen LogP) is 1.24. The third-order valence-electron chi connectivity index (χ3n) is 0.278. The maximum absolute atomic E-state index is 9.53. The summed E-state index contributed by atoms with van der Waals surface area (Å²) in [7, 11) is 0. The molecule has 0 rings (SSSR count). The van der Waals surface area contributed by atoms with Gasteiger partial charge in [0.1, 0.15) is 0 Å². The van der Waals surface area contributed by atoms with Crippen LogP contribution in [0.3, 0.4) is 0 Å². The third kappa shape index (κ3) is 4.69. The zero-order valence-electron chi connectivity index (χ0n) is 2.91. The van der Waals surface area contributed by atoms with Crippen molar-refractivity contribution in [1.82, 2.24) is 0 Å². The summed E-state index contributed by atoms with van der Waals surface area (Å²) in [4.78, 5) is 0. The van der Waals surface area contributed by atoms with Gasteiger partial charge in [0.15, 0.2) is 0 Å². The monoisotopic (exact) mass is 185 g/mol. The summed E-state index contributed by atoms with van der Waals surface area (Å²) in [5.74, 6) is 0. The number of hydrogen-bond acceptors (Lipinski definition) is 0. The molecule has 5 heavy (non-hydrogen) atoms. The molecule has 0 aliphatic heterocycles. The van der Waals surface area contributed by atoms with Crippen molar-refractivity contribution < 1.29 is 5.11 Å². The van der Waals surface area contributed by atoms with E-state index < -0.39 is 0 Å². The van der Waals surface area contributed by atoms with Gasteiger partial charge < -0.3 is 0 Å². The number of alkyl halides is 1. The normalized spacial score (nSPS) is 8.40. The van der Waals surface area contributed by atoms with Crippen LogP contribution in [0.4, 0.5) is 0 Å². The Morgan fingerprint density at radius 2 is 2.20 bits per heavy atom. The van der Waals surface area contributed by atoms with Crippen LogP contribution in [-0.2, 0) is 5.11 Å². The Morgan fingerprint density at radius 3 is 2.20 bits per heavy atom. The van der Waals surface area contributed by atoms with Gasteiger partial charge >= 0.3 is 0 Å². The summed E-state index contributed by atoms with van der Waals surface area (Å²) in [6.45, 7) is 0.0862. The van der Waals surface area contributed by atoms with E-state index in [-0.39, 0.29) is 6.61 Å². The van der Waals surface area contributed by atoms with Crippen LogP contribution in [0, 0.1) is 0 Å². The molecule has 0 atom stereocenters. The average Bonchev–Trinajstić information content (AvgIpc) is 1.41. The van der Waals surface area contributed by atoms with Crippen LogP contribution in [0.5, 0.6) is 0 Å². The van der Waals surface area contributed by atoms with Crippen LogP contribution in [-0.4, -0.2) is 11.0 Å². The molecule has 0 saturated carbocycles. The van der Waals surface area contributed by atoms with Gasteiger partial charge in [-0.1, -0.05) is 22.6 Å². The van der Waals surface area contributed by atoms with Crippen molar-refractivity contribution in [3.8, 4) is 0 Å². The first-order valence-electron chi connectivity index (χ1n) is 1.56. The Balaban J connectivity index is 2.19. The van der Waals surface area contributed by atoms with Crippen molar-refractivity contribution in [3.05, 3.63) is 0 Å². The predicted molar refractivity (Wildman–Crippen MR) is 29.1 cm³/mol. The Morgan fingerprint density at radius 1 is 1.60 bits per heavy atom. The standard InChI is InChI=1S/C3H6IO/c4-2-1-3-5/h1-3H2. The average molecular weight is 185 g/mol. The lowest BCUT2D eigenvalue weighted by atomic mass is 10.5. The molecule has 0 fully saturated rings. The Labute approximate surface area is 45.5 Å². The lowest BCUT2D eigenvalue weighted by molar-refractivity contribution is 0.195. The van der Waals surface area contributed by atoms with Crippen LogP contribution < -0.4 is 0 Å². The topological polar surface area (TPSA) is 19.9 Å². The zero-order valence-corrected chi connectivity index (χ0v) is 5.07. The molecule has 0 aliphatic carbocycles. The van der Waals surface area contributed by atoms with Crippen LogP contribution in [0.2, 0.25) is 0 Å². The lowest BCUT2D eigenvalue weighted by Crippen LogP contribution is -1.76. The van der Waals surface area contributed by atoms with Gasteiger partial charge in [0.05, 0.1) is 6.61 Å². The van der Waals surface area contributed by atoms with E-state index in [9.17, 15) is 5.11 Å². The second-order valence-corrected chi connectivity index (χ2v) is 1.83. The van der Waals surface area contributed by atoms with E-state index in [1.807, 2.05) is 0 Å². The van der Waals surface area contributed by atoms with Crippen LogP contribution in [0.15, 0.2) is 0 Å². The molecule has 0 aliphatic rings. The minimum atomic E-state index is 0.0862. The second-order valence-electron chi connectivity index (χ2n) is 0.747. The Hall–Kier alpha value is 0.690. The van der Waals surface area contributed by atoms with Crippen molar-refractivity contribution >= 4 is 22.6 Å².